The highest BCUT2D eigenvalue weighted by atomic mass is 32.1. The van der Waals surface area contributed by atoms with Crippen LogP contribution in [0.2, 0.25) is 0 Å². The molecule has 0 unspecified atom stereocenters. The van der Waals surface area contributed by atoms with E-state index in [1.165, 1.54) is 21.5 Å². The molecule has 3 aromatic rings. The average Bonchev–Trinajstić information content (AvgIpc) is 2.98. The second kappa shape index (κ2) is 6.57. The fourth-order valence-electron chi connectivity index (χ4n) is 2.74. The molecule has 0 radical (unpaired) electrons. The van der Waals surface area contributed by atoms with Crippen LogP contribution in [0.3, 0.4) is 0 Å². The number of aryl methyl sites for hydroxylation is 2. The van der Waals surface area contributed by atoms with Crippen molar-refractivity contribution in [2.75, 3.05) is 0 Å². The zero-order chi connectivity index (χ0) is 17.3. The van der Waals surface area contributed by atoms with E-state index < -0.39 is 5.91 Å². The summed E-state index contributed by atoms with van der Waals surface area (Å²) in [6, 6.07) is 8.22. The molecule has 5 nitrogen and oxygen atoms in total. The van der Waals surface area contributed by atoms with Gasteiger partial charge in [-0.1, -0.05) is 31.2 Å². The van der Waals surface area contributed by atoms with Crippen LogP contribution < -0.4 is 11.3 Å². The van der Waals surface area contributed by atoms with Crippen molar-refractivity contribution < 1.29 is 4.79 Å². The van der Waals surface area contributed by atoms with Crippen molar-refractivity contribution in [3.05, 3.63) is 51.4 Å². The van der Waals surface area contributed by atoms with Gasteiger partial charge in [-0.25, -0.2) is 4.98 Å². The molecule has 2 N–H and O–H groups in total. The average molecular weight is 341 g/mol. The fraction of sp³-hybridized carbons (Fsp3) is 0.278. The molecule has 0 aliphatic heterocycles. The summed E-state index contributed by atoms with van der Waals surface area (Å²) < 4.78 is 1.53. The highest BCUT2D eigenvalue weighted by molar-refractivity contribution is 7.17. The summed E-state index contributed by atoms with van der Waals surface area (Å²) in [6.07, 6.45) is 1.10. The van der Waals surface area contributed by atoms with Crippen molar-refractivity contribution in [1.82, 2.24) is 9.55 Å². The number of aromatic nitrogens is 2. The van der Waals surface area contributed by atoms with Gasteiger partial charge in [-0.15, -0.1) is 11.3 Å². The summed E-state index contributed by atoms with van der Waals surface area (Å²) in [6.45, 7) is 4.14. The van der Waals surface area contributed by atoms with E-state index in [2.05, 4.69) is 24.0 Å². The number of fused-ring (bicyclic) bond motifs is 1. The predicted octanol–water partition coefficient (Wildman–Crippen LogP) is 2.87. The summed E-state index contributed by atoms with van der Waals surface area (Å²) in [5, 5.41) is 2.58. The minimum atomic E-state index is -0.429. The molecule has 6 heteroatoms. The quantitative estimate of drug-likeness (QED) is 0.775. The van der Waals surface area contributed by atoms with Crippen molar-refractivity contribution in [3.63, 3.8) is 0 Å². The maximum Gasteiger partial charge on any atom is 0.262 e. The Labute approximate surface area is 143 Å². The number of hydrogen-bond donors (Lipinski definition) is 1. The Hall–Kier alpha value is -2.47. The lowest BCUT2D eigenvalue weighted by Gasteiger charge is -2.09. The Morgan fingerprint density at radius 2 is 2.00 bits per heavy atom. The number of benzene rings is 1. The van der Waals surface area contributed by atoms with Crippen LogP contribution in [0.15, 0.2) is 34.4 Å². The molecular weight excluding hydrogens is 322 g/mol. The molecule has 24 heavy (non-hydrogen) atoms. The van der Waals surface area contributed by atoms with Gasteiger partial charge in [0.05, 0.1) is 5.39 Å². The second-order valence-corrected chi connectivity index (χ2v) is 6.57. The van der Waals surface area contributed by atoms with Crippen molar-refractivity contribution in [1.29, 1.82) is 0 Å². The topological polar surface area (TPSA) is 78.0 Å². The van der Waals surface area contributed by atoms with Crippen molar-refractivity contribution in [3.8, 4) is 11.1 Å². The first-order chi connectivity index (χ1) is 11.5. The number of carbonyl (C=O) groups is 1. The van der Waals surface area contributed by atoms with Crippen molar-refractivity contribution in [2.45, 2.75) is 33.2 Å². The minimum Gasteiger partial charge on any atom is -0.370 e. The SMILES string of the molecule is CCc1ccc(-c2csc3nc(C)n(CCC(N)=O)c(=O)c23)cc1. The zero-order valence-electron chi connectivity index (χ0n) is 13.7. The number of carbonyl (C=O) groups excluding carboxylic acids is 1. The number of hydrogen-bond acceptors (Lipinski definition) is 4. The summed E-state index contributed by atoms with van der Waals surface area (Å²) >= 11 is 1.46. The molecule has 0 fully saturated rings. The van der Waals surface area contributed by atoms with Crippen LogP contribution in [0.4, 0.5) is 0 Å². The molecule has 0 atom stereocenters. The van der Waals surface area contributed by atoms with Gasteiger partial charge in [0.15, 0.2) is 0 Å². The number of nitrogens with two attached hydrogens (primary N) is 1. The van der Waals surface area contributed by atoms with Crippen LogP contribution in [0.25, 0.3) is 21.3 Å². The van der Waals surface area contributed by atoms with Crippen molar-refractivity contribution >= 4 is 27.5 Å². The number of primary amides is 1. The lowest BCUT2D eigenvalue weighted by Crippen LogP contribution is -2.26. The summed E-state index contributed by atoms with van der Waals surface area (Å²) in [4.78, 5) is 29.2. The van der Waals surface area contributed by atoms with Gasteiger partial charge in [0, 0.05) is 23.9 Å². The van der Waals surface area contributed by atoms with Gasteiger partial charge in [0.2, 0.25) is 5.91 Å². The van der Waals surface area contributed by atoms with Crippen LogP contribution >= 0.6 is 11.3 Å². The first-order valence-electron chi connectivity index (χ1n) is 7.87. The van der Waals surface area contributed by atoms with Crippen molar-refractivity contribution in [2.24, 2.45) is 5.73 Å². The molecule has 1 amide bonds. The van der Waals surface area contributed by atoms with E-state index in [1.807, 2.05) is 17.5 Å². The smallest absolute Gasteiger partial charge is 0.262 e. The van der Waals surface area contributed by atoms with Gasteiger partial charge in [-0.3, -0.25) is 14.2 Å². The maximum atomic E-state index is 12.9. The van der Waals surface area contributed by atoms with Crippen LogP contribution in [0.5, 0.6) is 0 Å². The summed E-state index contributed by atoms with van der Waals surface area (Å²) in [5.41, 5.74) is 8.24. The largest absolute Gasteiger partial charge is 0.370 e. The Kier molecular flexibility index (Phi) is 4.49. The molecular formula is C18H19N3O2S. The predicted molar refractivity (Wildman–Crippen MR) is 97.2 cm³/mol. The Bertz CT molecular complexity index is 955. The van der Waals surface area contributed by atoms with E-state index in [1.54, 1.807) is 6.92 Å². The van der Waals surface area contributed by atoms with E-state index in [9.17, 15) is 9.59 Å². The molecule has 0 spiro atoms. The first-order valence-corrected chi connectivity index (χ1v) is 8.75. The summed E-state index contributed by atoms with van der Waals surface area (Å²) in [7, 11) is 0. The standard InChI is InChI=1S/C18H19N3O2S/c1-3-12-4-6-13(7-5-12)14-10-24-17-16(14)18(23)21(11(2)20-17)9-8-15(19)22/h4-7,10H,3,8-9H2,1-2H3,(H2,19,22). The minimum absolute atomic E-state index is 0.116. The molecule has 0 aliphatic carbocycles. The van der Waals surface area contributed by atoms with Crippen LogP contribution in [0, 0.1) is 6.92 Å². The lowest BCUT2D eigenvalue weighted by molar-refractivity contribution is -0.118. The number of amides is 1. The molecule has 2 heterocycles. The zero-order valence-corrected chi connectivity index (χ0v) is 14.5. The van der Waals surface area contributed by atoms with E-state index >= 15 is 0 Å². The van der Waals surface area contributed by atoms with Gasteiger partial charge in [0.1, 0.15) is 10.7 Å². The number of nitrogens with zero attached hydrogens (tertiary/aromatic N) is 2. The third-order valence-electron chi connectivity index (χ3n) is 4.14. The van der Waals surface area contributed by atoms with Gasteiger partial charge in [-0.2, -0.15) is 0 Å². The van der Waals surface area contributed by atoms with Gasteiger partial charge >= 0.3 is 0 Å². The molecule has 2 aromatic heterocycles. The monoisotopic (exact) mass is 341 g/mol. The molecule has 0 saturated carbocycles. The maximum absolute atomic E-state index is 12.9. The van der Waals surface area contributed by atoms with Gasteiger partial charge in [0.25, 0.3) is 5.56 Å². The third kappa shape index (κ3) is 2.97. The first kappa shape index (κ1) is 16.4. The van der Waals surface area contributed by atoms with E-state index in [4.69, 9.17) is 5.73 Å². The molecule has 0 aliphatic rings. The molecule has 1 aromatic carbocycles. The highest BCUT2D eigenvalue weighted by Crippen LogP contribution is 2.31. The Balaban J connectivity index is 2.14. The van der Waals surface area contributed by atoms with Crippen LogP contribution in [0.1, 0.15) is 24.7 Å². The third-order valence-corrected chi connectivity index (χ3v) is 5.01. The van der Waals surface area contributed by atoms with E-state index in [-0.39, 0.29) is 18.5 Å². The molecule has 124 valence electrons. The highest BCUT2D eigenvalue weighted by Gasteiger charge is 2.15. The van der Waals surface area contributed by atoms with Gasteiger partial charge in [-0.05, 0) is 24.5 Å². The Morgan fingerprint density at radius 3 is 2.62 bits per heavy atom. The number of rotatable bonds is 5. The van der Waals surface area contributed by atoms with Gasteiger partial charge < -0.3 is 5.73 Å². The lowest BCUT2D eigenvalue weighted by atomic mass is 10.0. The van der Waals surface area contributed by atoms with E-state index in [0.29, 0.717) is 11.2 Å². The molecule has 0 bridgehead atoms. The Morgan fingerprint density at radius 1 is 1.29 bits per heavy atom. The fourth-order valence-corrected chi connectivity index (χ4v) is 3.73. The molecule has 0 saturated heterocycles. The normalized spacial score (nSPS) is 11.1. The van der Waals surface area contributed by atoms with Crippen LogP contribution in [-0.2, 0) is 17.8 Å². The second-order valence-electron chi connectivity index (χ2n) is 5.71. The summed E-state index contributed by atoms with van der Waals surface area (Å²) in [5.74, 6) is 0.172. The number of thiophene rings is 1. The molecule has 3 rings (SSSR count). The van der Waals surface area contributed by atoms with E-state index in [0.717, 1.165) is 22.4 Å². The van der Waals surface area contributed by atoms with Crippen LogP contribution in [-0.4, -0.2) is 15.5 Å².